The Morgan fingerprint density at radius 1 is 0.400 bits per heavy atom. The lowest BCUT2D eigenvalue weighted by Crippen LogP contribution is -2.59. The van der Waals surface area contributed by atoms with Crippen molar-refractivity contribution in [2.75, 3.05) is 74.1 Å². The lowest BCUT2D eigenvalue weighted by Gasteiger charge is -2.41. The van der Waals surface area contributed by atoms with Gasteiger partial charge in [-0.05, 0) is 41.5 Å². The van der Waals surface area contributed by atoms with Crippen LogP contribution in [0.4, 0.5) is 0 Å². The van der Waals surface area contributed by atoms with Gasteiger partial charge in [-0.2, -0.15) is 0 Å². The highest BCUT2D eigenvalue weighted by atomic mass is 15.5. The van der Waals surface area contributed by atoms with E-state index in [-0.39, 0.29) is 37.1 Å². The Morgan fingerprint density at radius 2 is 0.600 bits per heavy atom. The molecule has 0 aromatic heterocycles. The summed E-state index contributed by atoms with van der Waals surface area (Å²) in [5, 5.41) is 0. The Balaban J connectivity index is -0.0000000480. The van der Waals surface area contributed by atoms with Crippen LogP contribution in [0.1, 0.15) is 78.7 Å². The standard InChI is InChI=1S/C11H28N2.C6H16N.5CH4/c1-7-12(5,8-2)11-13(6,9-3)10-4;1-5-7(3,4)6-2;;;;;/h7-11H2,1-6H3;5-6H2,1-4H3;5*1H4/q+2;+1;;;;;. The number of rotatable bonds is 8. The van der Waals surface area contributed by atoms with Gasteiger partial charge in [-0.1, -0.05) is 37.1 Å². The monoisotopic (exact) mass is 371 g/mol. The van der Waals surface area contributed by atoms with Gasteiger partial charge in [0.1, 0.15) is 0 Å². The van der Waals surface area contributed by atoms with Gasteiger partial charge in [0.25, 0.3) is 0 Å². The zero-order valence-electron chi connectivity index (χ0n) is 16.3. The molecule has 0 saturated carbocycles. The summed E-state index contributed by atoms with van der Waals surface area (Å²) in [5.74, 6) is 0. The predicted molar refractivity (Wildman–Crippen MR) is 126 cm³/mol. The van der Waals surface area contributed by atoms with E-state index in [0.717, 1.165) is 4.48 Å². The van der Waals surface area contributed by atoms with Crippen LogP contribution in [-0.2, 0) is 0 Å². The van der Waals surface area contributed by atoms with Gasteiger partial charge in [0.05, 0.1) is 67.5 Å². The summed E-state index contributed by atoms with van der Waals surface area (Å²) < 4.78 is 3.52. The molecule has 0 heterocycles. The lowest BCUT2D eigenvalue weighted by atomic mass is 10.3. The van der Waals surface area contributed by atoms with Crippen molar-refractivity contribution in [1.82, 2.24) is 0 Å². The molecule has 0 aliphatic heterocycles. The van der Waals surface area contributed by atoms with Crippen LogP contribution in [-0.4, -0.2) is 87.6 Å². The molecule has 3 nitrogen and oxygen atoms in total. The summed E-state index contributed by atoms with van der Waals surface area (Å²) in [6.07, 6.45) is 0. The SMILES string of the molecule is C.C.C.C.C.CC[N+](C)(C)CC.CC[N+](C)(CC)C[N+](C)(CC)CC. The van der Waals surface area contributed by atoms with Crippen LogP contribution in [0.3, 0.4) is 0 Å². The summed E-state index contributed by atoms with van der Waals surface area (Å²) in [5.41, 5.74) is 0. The van der Waals surface area contributed by atoms with Crippen molar-refractivity contribution in [2.24, 2.45) is 0 Å². The van der Waals surface area contributed by atoms with Crippen LogP contribution in [0.5, 0.6) is 0 Å². The van der Waals surface area contributed by atoms with E-state index in [0.29, 0.717) is 0 Å². The summed E-state index contributed by atoms with van der Waals surface area (Å²) in [6, 6.07) is 0. The molecule has 0 bridgehead atoms. The third-order valence-electron chi connectivity index (χ3n) is 5.45. The van der Waals surface area contributed by atoms with Gasteiger partial charge in [0.15, 0.2) is 0 Å². The summed E-state index contributed by atoms with van der Waals surface area (Å²) in [4.78, 5) is 0. The minimum absolute atomic E-state index is 0. The van der Waals surface area contributed by atoms with Gasteiger partial charge in [0.2, 0.25) is 6.67 Å². The second-order valence-corrected chi connectivity index (χ2v) is 7.21. The molecule has 164 valence electrons. The van der Waals surface area contributed by atoms with E-state index in [1.807, 2.05) is 0 Å². The molecule has 0 rings (SSSR count). The molecular formula is C22H64N3+3. The van der Waals surface area contributed by atoms with Gasteiger partial charge in [-0.25, -0.2) is 0 Å². The fourth-order valence-electron chi connectivity index (χ4n) is 1.90. The van der Waals surface area contributed by atoms with E-state index in [9.17, 15) is 0 Å². The Kier molecular flexibility index (Phi) is 35.9. The van der Waals surface area contributed by atoms with Crippen molar-refractivity contribution in [2.45, 2.75) is 78.7 Å². The second kappa shape index (κ2) is 20.2. The highest BCUT2D eigenvalue weighted by molar-refractivity contribution is 4.29. The van der Waals surface area contributed by atoms with Crippen LogP contribution in [0.25, 0.3) is 0 Å². The summed E-state index contributed by atoms with van der Waals surface area (Å²) >= 11 is 0. The number of hydrogen-bond donors (Lipinski definition) is 0. The first-order valence-corrected chi connectivity index (χ1v) is 8.56. The first-order chi connectivity index (χ1) is 9.07. The fraction of sp³-hybridized carbons (Fsp3) is 1.00. The topological polar surface area (TPSA) is 0 Å². The van der Waals surface area contributed by atoms with E-state index in [4.69, 9.17) is 0 Å². The fourth-order valence-corrected chi connectivity index (χ4v) is 1.90. The molecule has 0 aliphatic carbocycles. The third-order valence-corrected chi connectivity index (χ3v) is 5.45. The Bertz CT molecular complexity index is 207. The molecular weight excluding hydrogens is 306 g/mol. The molecule has 0 aromatic rings. The van der Waals surface area contributed by atoms with Gasteiger partial charge in [-0.3, -0.25) is 8.97 Å². The highest BCUT2D eigenvalue weighted by Crippen LogP contribution is 2.10. The molecule has 0 aliphatic rings. The molecule has 0 radical (unpaired) electrons. The maximum atomic E-state index is 2.36. The number of hydrogen-bond acceptors (Lipinski definition) is 0. The van der Waals surface area contributed by atoms with Crippen LogP contribution in [0.2, 0.25) is 0 Å². The maximum absolute atomic E-state index is 2.36. The highest BCUT2D eigenvalue weighted by Gasteiger charge is 2.28. The minimum atomic E-state index is 0. The number of quaternary nitrogens is 3. The molecule has 0 fully saturated rings. The smallest absolute Gasteiger partial charge is 0.207 e. The van der Waals surface area contributed by atoms with Gasteiger partial charge in [-0.15, -0.1) is 0 Å². The van der Waals surface area contributed by atoms with E-state index in [1.165, 1.54) is 54.9 Å². The summed E-state index contributed by atoms with van der Waals surface area (Å²) in [6.45, 7) is 22.3. The molecule has 0 atom stereocenters. The van der Waals surface area contributed by atoms with Crippen molar-refractivity contribution >= 4 is 0 Å². The third kappa shape index (κ3) is 20.0. The van der Waals surface area contributed by atoms with Crippen molar-refractivity contribution in [3.05, 3.63) is 0 Å². The van der Waals surface area contributed by atoms with Gasteiger partial charge >= 0.3 is 0 Å². The van der Waals surface area contributed by atoms with Crippen LogP contribution in [0.15, 0.2) is 0 Å². The van der Waals surface area contributed by atoms with Gasteiger partial charge < -0.3 is 4.48 Å². The van der Waals surface area contributed by atoms with E-state index < -0.39 is 0 Å². The van der Waals surface area contributed by atoms with Crippen molar-refractivity contribution in [3.63, 3.8) is 0 Å². The molecule has 0 aromatic carbocycles. The predicted octanol–water partition coefficient (Wildman–Crippen LogP) is 6.20. The first kappa shape index (κ1) is 44.4. The maximum Gasteiger partial charge on any atom is 0.207 e. The Hall–Kier alpha value is -0.120. The minimum Gasteiger partial charge on any atom is -0.329 e. The zero-order valence-corrected chi connectivity index (χ0v) is 16.3. The van der Waals surface area contributed by atoms with E-state index in [2.05, 4.69) is 69.7 Å². The van der Waals surface area contributed by atoms with Gasteiger partial charge in [0, 0.05) is 0 Å². The average Bonchev–Trinajstić information content (AvgIpc) is 2.47. The quantitative estimate of drug-likeness (QED) is 0.352. The molecule has 3 heteroatoms. The first-order valence-electron chi connectivity index (χ1n) is 8.56. The zero-order chi connectivity index (χ0) is 16.4. The lowest BCUT2D eigenvalue weighted by molar-refractivity contribution is -1.08. The van der Waals surface area contributed by atoms with Crippen molar-refractivity contribution < 1.29 is 13.4 Å². The Morgan fingerprint density at radius 3 is 0.680 bits per heavy atom. The molecule has 0 unspecified atom stereocenters. The van der Waals surface area contributed by atoms with Crippen molar-refractivity contribution in [3.8, 4) is 0 Å². The second-order valence-electron chi connectivity index (χ2n) is 7.21. The van der Waals surface area contributed by atoms with Crippen LogP contribution in [0, 0.1) is 0 Å². The summed E-state index contributed by atoms with van der Waals surface area (Å²) in [7, 11) is 9.20. The number of nitrogens with zero attached hydrogens (tertiary/aromatic N) is 3. The Labute approximate surface area is 166 Å². The van der Waals surface area contributed by atoms with Crippen LogP contribution < -0.4 is 0 Å². The molecule has 0 saturated heterocycles. The van der Waals surface area contributed by atoms with Crippen molar-refractivity contribution in [1.29, 1.82) is 0 Å². The molecule has 25 heavy (non-hydrogen) atoms. The largest absolute Gasteiger partial charge is 0.329 e. The van der Waals surface area contributed by atoms with E-state index in [1.54, 1.807) is 0 Å². The van der Waals surface area contributed by atoms with E-state index >= 15 is 0 Å². The molecule has 0 amide bonds. The van der Waals surface area contributed by atoms with Crippen LogP contribution >= 0.6 is 0 Å². The average molecular weight is 371 g/mol. The molecule has 0 spiro atoms. The molecule has 0 N–H and O–H groups in total. The normalized spacial score (nSPS) is 10.3.